The van der Waals surface area contributed by atoms with Crippen molar-refractivity contribution in [3.8, 4) is 23.0 Å². The molecule has 3 aromatic carbocycles. The first-order valence-corrected chi connectivity index (χ1v) is 11.2. The molecular weight excluding hydrogens is 430 g/mol. The van der Waals surface area contributed by atoms with Crippen molar-refractivity contribution in [3.63, 3.8) is 0 Å². The standard InChI is InChI=1S/C28H27NO5/c1-17-5-7-19(8-6-17)14-29-15-22-24(33-16-29)11-18(2)26-27(30)25(34-28(22)26)12-20-9-10-21(31-3)13-23(20)32-4/h5-13H,14-16H2,1-4H3/b25-12-. The highest BCUT2D eigenvalue weighted by molar-refractivity contribution is 6.16. The molecule has 0 atom stereocenters. The van der Waals surface area contributed by atoms with Crippen LogP contribution in [0.15, 0.2) is 54.3 Å². The van der Waals surface area contributed by atoms with E-state index in [1.54, 1.807) is 26.4 Å². The normalized spacial score (nSPS) is 16.0. The summed E-state index contributed by atoms with van der Waals surface area (Å²) in [4.78, 5) is 15.5. The number of fused-ring (bicyclic) bond motifs is 3. The van der Waals surface area contributed by atoms with Gasteiger partial charge in [0, 0.05) is 24.7 Å². The third-order valence-electron chi connectivity index (χ3n) is 6.24. The molecule has 34 heavy (non-hydrogen) atoms. The van der Waals surface area contributed by atoms with Crippen LogP contribution in [0.25, 0.3) is 6.08 Å². The zero-order chi connectivity index (χ0) is 23.8. The Hall–Kier alpha value is -3.77. The van der Waals surface area contributed by atoms with Gasteiger partial charge in [-0.1, -0.05) is 29.8 Å². The van der Waals surface area contributed by atoms with Gasteiger partial charge in [-0.05, 0) is 49.2 Å². The first-order valence-electron chi connectivity index (χ1n) is 11.2. The summed E-state index contributed by atoms with van der Waals surface area (Å²) in [6, 6.07) is 15.9. The molecule has 0 aromatic heterocycles. The Morgan fingerprint density at radius 1 is 1.03 bits per heavy atom. The molecule has 2 aliphatic rings. The van der Waals surface area contributed by atoms with Crippen LogP contribution in [0.3, 0.4) is 0 Å². The number of hydrogen-bond acceptors (Lipinski definition) is 6. The minimum atomic E-state index is -0.135. The molecule has 6 nitrogen and oxygen atoms in total. The number of ether oxygens (including phenoxy) is 4. The summed E-state index contributed by atoms with van der Waals surface area (Å²) in [6.07, 6.45) is 1.72. The molecule has 3 aromatic rings. The van der Waals surface area contributed by atoms with Crippen molar-refractivity contribution in [1.29, 1.82) is 0 Å². The van der Waals surface area contributed by atoms with Crippen LogP contribution >= 0.6 is 0 Å². The minimum absolute atomic E-state index is 0.135. The molecule has 0 bridgehead atoms. The van der Waals surface area contributed by atoms with Gasteiger partial charge < -0.3 is 18.9 Å². The highest BCUT2D eigenvalue weighted by atomic mass is 16.5. The van der Waals surface area contributed by atoms with Crippen molar-refractivity contribution in [1.82, 2.24) is 4.90 Å². The molecule has 5 rings (SSSR count). The van der Waals surface area contributed by atoms with Crippen LogP contribution in [-0.2, 0) is 13.1 Å². The van der Waals surface area contributed by atoms with E-state index in [0.717, 1.165) is 29.0 Å². The van der Waals surface area contributed by atoms with E-state index in [4.69, 9.17) is 18.9 Å². The Kier molecular flexibility index (Phi) is 5.75. The van der Waals surface area contributed by atoms with Crippen LogP contribution in [0.4, 0.5) is 0 Å². The summed E-state index contributed by atoms with van der Waals surface area (Å²) in [7, 11) is 3.19. The van der Waals surface area contributed by atoms with Gasteiger partial charge in [-0.3, -0.25) is 9.69 Å². The topological polar surface area (TPSA) is 57.2 Å². The van der Waals surface area contributed by atoms with E-state index >= 15 is 0 Å². The van der Waals surface area contributed by atoms with Crippen LogP contribution < -0.4 is 18.9 Å². The zero-order valence-electron chi connectivity index (χ0n) is 19.8. The summed E-state index contributed by atoms with van der Waals surface area (Å²) in [5, 5.41) is 0. The molecule has 0 amide bonds. The largest absolute Gasteiger partial charge is 0.497 e. The average molecular weight is 458 g/mol. The van der Waals surface area contributed by atoms with Crippen molar-refractivity contribution in [3.05, 3.63) is 87.7 Å². The van der Waals surface area contributed by atoms with E-state index in [0.29, 0.717) is 36.1 Å². The third-order valence-corrected chi connectivity index (χ3v) is 6.24. The molecule has 2 heterocycles. The fourth-order valence-corrected chi connectivity index (χ4v) is 4.41. The van der Waals surface area contributed by atoms with Gasteiger partial charge in [0.2, 0.25) is 5.78 Å². The molecule has 0 fully saturated rings. The number of aryl methyl sites for hydroxylation is 2. The number of Topliss-reactive ketones (excluding diaryl/α,β-unsaturated/α-hetero) is 1. The first kappa shape index (κ1) is 22.0. The predicted molar refractivity (Wildman–Crippen MR) is 130 cm³/mol. The van der Waals surface area contributed by atoms with E-state index in [1.165, 1.54) is 11.1 Å². The highest BCUT2D eigenvalue weighted by Crippen LogP contribution is 2.44. The van der Waals surface area contributed by atoms with Crippen molar-refractivity contribution in [2.45, 2.75) is 26.9 Å². The highest BCUT2D eigenvalue weighted by Gasteiger charge is 2.35. The van der Waals surface area contributed by atoms with E-state index in [9.17, 15) is 4.79 Å². The van der Waals surface area contributed by atoms with Crippen molar-refractivity contribution in [2.24, 2.45) is 0 Å². The Morgan fingerprint density at radius 2 is 1.82 bits per heavy atom. The van der Waals surface area contributed by atoms with Crippen molar-refractivity contribution >= 4 is 11.9 Å². The fourth-order valence-electron chi connectivity index (χ4n) is 4.41. The number of hydrogen-bond donors (Lipinski definition) is 0. The summed E-state index contributed by atoms with van der Waals surface area (Å²) in [6.45, 7) is 5.87. The summed E-state index contributed by atoms with van der Waals surface area (Å²) in [5.41, 5.74) is 5.53. The molecule has 0 unspecified atom stereocenters. The van der Waals surface area contributed by atoms with Crippen LogP contribution in [0.5, 0.6) is 23.0 Å². The lowest BCUT2D eigenvalue weighted by atomic mass is 9.98. The second-order valence-corrected chi connectivity index (χ2v) is 8.67. The van der Waals surface area contributed by atoms with Crippen molar-refractivity contribution < 1.29 is 23.7 Å². The molecule has 174 valence electrons. The Labute approximate surface area is 199 Å². The average Bonchev–Trinajstić information content (AvgIpc) is 3.18. The quantitative estimate of drug-likeness (QED) is 0.486. The maximum atomic E-state index is 13.3. The number of nitrogens with zero attached hydrogens (tertiary/aromatic N) is 1. The van der Waals surface area contributed by atoms with E-state index in [-0.39, 0.29) is 11.5 Å². The van der Waals surface area contributed by atoms with E-state index in [1.807, 2.05) is 25.1 Å². The smallest absolute Gasteiger partial charge is 0.232 e. The fraction of sp³-hybridized carbons (Fsp3) is 0.250. The van der Waals surface area contributed by atoms with Crippen molar-refractivity contribution in [2.75, 3.05) is 21.0 Å². The molecule has 6 heteroatoms. The summed E-state index contributed by atoms with van der Waals surface area (Å²) >= 11 is 0. The van der Waals surface area contributed by atoms with Crippen LogP contribution in [-0.4, -0.2) is 31.6 Å². The maximum absolute atomic E-state index is 13.3. The monoisotopic (exact) mass is 457 g/mol. The van der Waals surface area contributed by atoms with E-state index < -0.39 is 0 Å². The second kappa shape index (κ2) is 8.88. The Morgan fingerprint density at radius 3 is 2.56 bits per heavy atom. The molecule has 0 N–H and O–H groups in total. The predicted octanol–water partition coefficient (Wildman–Crippen LogP) is 5.29. The Balaban J connectivity index is 1.46. The van der Waals surface area contributed by atoms with Gasteiger partial charge in [-0.2, -0.15) is 0 Å². The number of carbonyl (C=O) groups excluding carboxylic acids is 1. The van der Waals surface area contributed by atoms with Gasteiger partial charge in [-0.15, -0.1) is 0 Å². The van der Waals surface area contributed by atoms with Gasteiger partial charge in [0.25, 0.3) is 0 Å². The molecule has 0 radical (unpaired) electrons. The van der Waals surface area contributed by atoms with Gasteiger partial charge in [0.05, 0.1) is 25.3 Å². The minimum Gasteiger partial charge on any atom is -0.497 e. The van der Waals surface area contributed by atoms with Crippen LogP contribution in [0, 0.1) is 13.8 Å². The Bertz CT molecular complexity index is 1290. The summed E-state index contributed by atoms with van der Waals surface area (Å²) < 4.78 is 23.0. The summed E-state index contributed by atoms with van der Waals surface area (Å²) in [5.74, 6) is 2.77. The number of ketones is 1. The maximum Gasteiger partial charge on any atom is 0.232 e. The first-order chi connectivity index (χ1) is 16.5. The molecule has 0 saturated carbocycles. The van der Waals surface area contributed by atoms with E-state index in [2.05, 4.69) is 36.1 Å². The SMILES string of the molecule is COc1ccc(/C=C2\Oc3c4c(cc(C)c3C2=O)OCN(Cc2ccc(C)cc2)C4)c(OC)c1. The third kappa shape index (κ3) is 4.01. The second-order valence-electron chi connectivity index (χ2n) is 8.67. The number of carbonyl (C=O) groups is 1. The molecule has 0 saturated heterocycles. The molecular formula is C28H27NO5. The molecule has 0 aliphatic carbocycles. The lowest BCUT2D eigenvalue weighted by Crippen LogP contribution is -2.31. The number of rotatable bonds is 5. The molecule has 2 aliphatic heterocycles. The number of methoxy groups -OCH3 is 2. The molecule has 0 spiro atoms. The van der Waals surface area contributed by atoms with Crippen LogP contribution in [0.1, 0.15) is 38.2 Å². The van der Waals surface area contributed by atoms with Gasteiger partial charge in [0.1, 0.15) is 29.7 Å². The number of benzene rings is 3. The lowest BCUT2D eigenvalue weighted by molar-refractivity contribution is 0.0872. The van der Waals surface area contributed by atoms with Gasteiger partial charge in [-0.25, -0.2) is 0 Å². The lowest BCUT2D eigenvalue weighted by Gasteiger charge is -2.30. The van der Waals surface area contributed by atoms with Gasteiger partial charge in [0.15, 0.2) is 5.76 Å². The number of allylic oxidation sites excluding steroid dienone is 1. The van der Waals surface area contributed by atoms with Gasteiger partial charge >= 0.3 is 0 Å². The van der Waals surface area contributed by atoms with Crippen LogP contribution in [0.2, 0.25) is 0 Å². The zero-order valence-corrected chi connectivity index (χ0v) is 19.8.